The molecule has 1 aliphatic heterocycles. The van der Waals surface area contributed by atoms with E-state index in [2.05, 4.69) is 10.3 Å². The van der Waals surface area contributed by atoms with Gasteiger partial charge in [-0.15, -0.1) is 0 Å². The summed E-state index contributed by atoms with van der Waals surface area (Å²) in [7, 11) is 0. The Kier molecular flexibility index (Phi) is 5.99. The number of hydrogen-bond donors (Lipinski definition) is 2. The smallest absolute Gasteiger partial charge is 0.408 e. The lowest BCUT2D eigenvalue weighted by Crippen LogP contribution is -2.56. The number of nitrogens with one attached hydrogen (secondary N) is 2. The van der Waals surface area contributed by atoms with Gasteiger partial charge in [0.05, 0.1) is 6.20 Å². The summed E-state index contributed by atoms with van der Waals surface area (Å²) in [6, 6.07) is -0.658. The highest BCUT2D eigenvalue weighted by Crippen LogP contribution is 2.26. The number of imidazole rings is 2. The molecule has 3 heterocycles. The summed E-state index contributed by atoms with van der Waals surface area (Å²) in [5, 5.41) is 2.77. The molecule has 0 unspecified atom stereocenters. The van der Waals surface area contributed by atoms with Crippen molar-refractivity contribution in [1.82, 2.24) is 24.2 Å². The molecule has 0 radical (unpaired) electrons. The number of carbonyl (C=O) groups is 2. The molecule has 0 spiro atoms. The Morgan fingerprint density at radius 3 is 2.26 bits per heavy atom. The molecule has 1 atom stereocenters. The molecule has 2 amide bonds. The van der Waals surface area contributed by atoms with Crippen LogP contribution in [0.1, 0.15) is 66.1 Å². The fourth-order valence-electron chi connectivity index (χ4n) is 4.00. The fraction of sp³-hybridized carbons (Fsp3) is 0.682. The summed E-state index contributed by atoms with van der Waals surface area (Å²) in [4.78, 5) is 43.2. The van der Waals surface area contributed by atoms with Crippen LogP contribution in [0.2, 0.25) is 0 Å². The molecule has 1 saturated heterocycles. The highest BCUT2D eigenvalue weighted by atomic mass is 16.6. The van der Waals surface area contributed by atoms with Crippen molar-refractivity contribution in [1.29, 1.82) is 0 Å². The van der Waals surface area contributed by atoms with Gasteiger partial charge in [-0.25, -0.2) is 9.59 Å². The number of aromatic amines is 1. The average molecular weight is 434 g/mol. The molecular formula is C22H35N5O4. The van der Waals surface area contributed by atoms with Gasteiger partial charge in [0.1, 0.15) is 17.3 Å². The quantitative estimate of drug-likeness (QED) is 0.777. The number of likely N-dealkylation sites (tertiary alicyclic amines) is 1. The molecule has 172 valence electrons. The summed E-state index contributed by atoms with van der Waals surface area (Å²) >= 11 is 0. The van der Waals surface area contributed by atoms with Gasteiger partial charge in [-0.1, -0.05) is 20.8 Å². The SMILES string of the molecule is Cc1cn2c(=O)n(C3CCN(C(=O)[C@H](NC(=O)OC(C)(C)C)C(C)(C)C)CC3)cc2[nH]1. The fourth-order valence-corrected chi connectivity index (χ4v) is 4.00. The number of rotatable bonds is 3. The molecule has 1 aliphatic rings. The highest BCUT2D eigenvalue weighted by Gasteiger charge is 2.38. The van der Waals surface area contributed by atoms with E-state index in [1.807, 2.05) is 33.9 Å². The molecule has 2 aromatic rings. The van der Waals surface area contributed by atoms with Gasteiger partial charge in [0.25, 0.3) is 0 Å². The van der Waals surface area contributed by atoms with Crippen molar-refractivity contribution in [3.63, 3.8) is 0 Å². The summed E-state index contributed by atoms with van der Waals surface area (Å²) in [6.07, 6.45) is 4.41. The second-order valence-corrected chi connectivity index (χ2v) is 10.5. The topological polar surface area (TPSA) is 101 Å². The summed E-state index contributed by atoms with van der Waals surface area (Å²) in [5.74, 6) is -0.122. The molecule has 0 aliphatic carbocycles. The maximum atomic E-state index is 13.3. The minimum atomic E-state index is -0.697. The van der Waals surface area contributed by atoms with Crippen LogP contribution in [0.25, 0.3) is 5.65 Å². The van der Waals surface area contributed by atoms with Gasteiger partial charge in [-0.05, 0) is 46.0 Å². The number of aromatic nitrogens is 3. The van der Waals surface area contributed by atoms with Gasteiger partial charge in [-0.2, -0.15) is 0 Å². The van der Waals surface area contributed by atoms with E-state index in [1.54, 1.807) is 40.8 Å². The number of H-pyrrole nitrogens is 1. The lowest BCUT2D eigenvalue weighted by molar-refractivity contribution is -0.137. The van der Waals surface area contributed by atoms with Crippen molar-refractivity contribution < 1.29 is 14.3 Å². The number of hydrogen-bond acceptors (Lipinski definition) is 4. The van der Waals surface area contributed by atoms with Gasteiger partial charge in [0.2, 0.25) is 5.91 Å². The van der Waals surface area contributed by atoms with Gasteiger partial charge >= 0.3 is 11.8 Å². The second kappa shape index (κ2) is 8.09. The van der Waals surface area contributed by atoms with Crippen molar-refractivity contribution >= 4 is 17.6 Å². The number of piperidine rings is 1. The van der Waals surface area contributed by atoms with Crippen LogP contribution >= 0.6 is 0 Å². The maximum Gasteiger partial charge on any atom is 0.408 e. The first-order valence-electron chi connectivity index (χ1n) is 10.8. The molecule has 3 rings (SSSR count). The zero-order valence-corrected chi connectivity index (χ0v) is 19.6. The first kappa shape index (κ1) is 23.0. The molecule has 9 nitrogen and oxygen atoms in total. The number of amides is 2. The zero-order valence-electron chi connectivity index (χ0n) is 19.6. The number of aryl methyl sites for hydroxylation is 1. The first-order valence-corrected chi connectivity index (χ1v) is 10.8. The predicted molar refractivity (Wildman–Crippen MR) is 118 cm³/mol. The van der Waals surface area contributed by atoms with Crippen molar-refractivity contribution in [2.45, 2.75) is 79.0 Å². The van der Waals surface area contributed by atoms with E-state index in [0.717, 1.165) is 11.3 Å². The number of ether oxygens (including phenoxy) is 1. The Morgan fingerprint density at radius 2 is 1.74 bits per heavy atom. The average Bonchev–Trinajstić information content (AvgIpc) is 3.14. The Bertz CT molecular complexity index is 1010. The third kappa shape index (κ3) is 5.14. The third-order valence-electron chi connectivity index (χ3n) is 5.54. The van der Waals surface area contributed by atoms with Crippen molar-refractivity contribution in [3.05, 3.63) is 28.6 Å². The number of carbonyl (C=O) groups excluding carboxylic acids is 2. The van der Waals surface area contributed by atoms with E-state index >= 15 is 0 Å². The van der Waals surface area contributed by atoms with Crippen molar-refractivity contribution in [2.75, 3.05) is 13.1 Å². The van der Waals surface area contributed by atoms with Crippen LogP contribution < -0.4 is 11.0 Å². The molecule has 0 saturated carbocycles. The molecule has 0 aromatic carbocycles. The monoisotopic (exact) mass is 433 g/mol. The van der Waals surface area contributed by atoms with E-state index in [0.29, 0.717) is 25.9 Å². The number of nitrogens with zero attached hydrogens (tertiary/aromatic N) is 3. The lowest BCUT2D eigenvalue weighted by Gasteiger charge is -2.38. The second-order valence-electron chi connectivity index (χ2n) is 10.5. The molecule has 9 heteroatoms. The summed E-state index contributed by atoms with van der Waals surface area (Å²) in [6.45, 7) is 14.1. The van der Waals surface area contributed by atoms with Gasteiger partial charge < -0.3 is 19.9 Å². The normalized spacial score (nSPS) is 17.1. The van der Waals surface area contributed by atoms with E-state index in [9.17, 15) is 14.4 Å². The van der Waals surface area contributed by atoms with E-state index in [4.69, 9.17) is 4.74 Å². The largest absolute Gasteiger partial charge is 0.444 e. The molecule has 2 N–H and O–H groups in total. The predicted octanol–water partition coefficient (Wildman–Crippen LogP) is 2.84. The van der Waals surface area contributed by atoms with Crippen LogP contribution in [0.3, 0.4) is 0 Å². The maximum absolute atomic E-state index is 13.3. The van der Waals surface area contributed by atoms with E-state index in [-0.39, 0.29) is 17.6 Å². The highest BCUT2D eigenvalue weighted by molar-refractivity contribution is 5.86. The minimum absolute atomic E-state index is 0.0389. The Balaban J connectivity index is 1.67. The standard InChI is InChI=1S/C22H35N5O4/c1-14-12-27-16(23-14)13-26(20(27)30)15-8-10-25(11-9-15)18(28)17(21(2,3)4)24-19(29)31-22(5,6)7/h12-13,15,17,23H,8-11H2,1-7H3,(H,24,29)/t17-/m0/s1. The Morgan fingerprint density at radius 1 is 1.13 bits per heavy atom. The van der Waals surface area contributed by atoms with Crippen LogP contribution in [0.15, 0.2) is 17.2 Å². The van der Waals surface area contributed by atoms with Gasteiger partial charge in [0.15, 0.2) is 0 Å². The molecule has 0 bridgehead atoms. The number of alkyl carbamates (subject to hydrolysis) is 1. The van der Waals surface area contributed by atoms with E-state index < -0.39 is 23.2 Å². The molecule has 2 aromatic heterocycles. The third-order valence-corrected chi connectivity index (χ3v) is 5.54. The number of fused-ring (bicyclic) bond motifs is 1. The van der Waals surface area contributed by atoms with Crippen molar-refractivity contribution in [2.24, 2.45) is 5.41 Å². The summed E-state index contributed by atoms with van der Waals surface area (Å²) < 4.78 is 8.73. The lowest BCUT2D eigenvalue weighted by atomic mass is 9.85. The van der Waals surface area contributed by atoms with E-state index in [1.165, 1.54) is 0 Å². The first-order chi connectivity index (χ1) is 14.3. The van der Waals surface area contributed by atoms with Gasteiger partial charge in [-0.3, -0.25) is 13.8 Å². The zero-order chi connectivity index (χ0) is 23.1. The molecule has 1 fully saturated rings. The van der Waals surface area contributed by atoms with Crippen LogP contribution in [0.4, 0.5) is 4.79 Å². The Hall–Kier alpha value is -2.71. The minimum Gasteiger partial charge on any atom is -0.444 e. The molecule has 31 heavy (non-hydrogen) atoms. The van der Waals surface area contributed by atoms with Crippen LogP contribution in [0.5, 0.6) is 0 Å². The molecular weight excluding hydrogens is 398 g/mol. The van der Waals surface area contributed by atoms with Gasteiger partial charge in [0, 0.05) is 31.0 Å². The van der Waals surface area contributed by atoms with Crippen LogP contribution in [-0.2, 0) is 9.53 Å². The van der Waals surface area contributed by atoms with Crippen LogP contribution in [0, 0.1) is 12.3 Å². The van der Waals surface area contributed by atoms with Crippen LogP contribution in [-0.4, -0.2) is 55.6 Å². The summed E-state index contributed by atoms with van der Waals surface area (Å²) in [5.41, 5.74) is 0.534. The Labute approximate surface area is 182 Å². The van der Waals surface area contributed by atoms with Crippen molar-refractivity contribution in [3.8, 4) is 0 Å².